The van der Waals surface area contributed by atoms with Crippen LogP contribution in [0.2, 0.25) is 5.02 Å². The average Bonchev–Trinajstić information content (AvgIpc) is 3.05. The van der Waals surface area contributed by atoms with Gasteiger partial charge in [0.05, 0.1) is 6.61 Å². The van der Waals surface area contributed by atoms with Crippen LogP contribution in [0.4, 0.5) is 5.69 Å². The summed E-state index contributed by atoms with van der Waals surface area (Å²) in [5.74, 6) is 0.767. The number of hydrogen-bond acceptors (Lipinski definition) is 8. The molecule has 0 saturated heterocycles. The molecule has 0 heterocycles. The second kappa shape index (κ2) is 23.6. The van der Waals surface area contributed by atoms with Crippen molar-refractivity contribution in [2.75, 3.05) is 52.8 Å². The van der Waals surface area contributed by atoms with Gasteiger partial charge >= 0.3 is 0 Å². The third-order valence-corrected chi connectivity index (χ3v) is 7.37. The number of amides is 2. The third kappa shape index (κ3) is 16.0. The molecule has 1 aliphatic rings. The number of ether oxygens (including phenoxy) is 2. The van der Waals surface area contributed by atoms with Gasteiger partial charge in [-0.05, 0) is 89.5 Å². The van der Waals surface area contributed by atoms with Crippen molar-refractivity contribution in [3.05, 3.63) is 71.0 Å². The minimum atomic E-state index is -0.318. The number of nitrogens with one attached hydrogen (secondary N) is 3. The number of nitrogens with zero attached hydrogens (tertiary/aromatic N) is 3. The molecule has 0 aromatic heterocycles. The molecule has 10 nitrogen and oxygen atoms in total. The molecule has 46 heavy (non-hydrogen) atoms. The quantitative estimate of drug-likeness (QED) is 0.126. The standard InChI is InChI=1S/C25H40N4O3.C8H9ClO.C2H4N2/c1-6-32-17-19-11-10-12-20(15-19)24(30)28-23(22(26-3)18(2)16-29(4)5)25(31)27-21-13-8-7-9-14-21;1-2-10-8-5-3-7(9)4-6-8;1-3-4-2/h7-9,13-14,18-20,26H,6,10-12,15-17H2,1-5H3,(H,27,31)(H,28,30);3-6H,2H2,1H3;1-2H2/b23-22+;;. The molecule has 11 heteroatoms. The van der Waals surface area contributed by atoms with Crippen LogP contribution in [0, 0.1) is 17.8 Å². The molecule has 1 fully saturated rings. The SMILES string of the molecule is C=NN=C.CCOCC1CCCC(C(=O)N/C(C(=O)Nc2ccccc2)=C(/NC)C(C)CN(C)C)C1.CCOc1ccc(Cl)cc1. The topological polar surface area (TPSA) is 117 Å². The number of carbonyl (C=O) groups excluding carboxylic acids is 2. The van der Waals surface area contributed by atoms with Crippen molar-refractivity contribution in [1.82, 2.24) is 15.5 Å². The van der Waals surface area contributed by atoms with E-state index >= 15 is 0 Å². The number of hydrogen-bond donors (Lipinski definition) is 3. The summed E-state index contributed by atoms with van der Waals surface area (Å²) in [5.41, 5.74) is 1.71. The van der Waals surface area contributed by atoms with Gasteiger partial charge in [0.2, 0.25) is 5.91 Å². The summed E-state index contributed by atoms with van der Waals surface area (Å²) in [6.07, 6.45) is 3.72. The van der Waals surface area contributed by atoms with Crippen molar-refractivity contribution >= 4 is 42.5 Å². The van der Waals surface area contributed by atoms with E-state index in [0.717, 1.165) is 48.7 Å². The molecule has 0 radical (unpaired) electrons. The Labute approximate surface area is 280 Å². The molecule has 0 aliphatic heterocycles. The highest BCUT2D eigenvalue weighted by Crippen LogP contribution is 2.30. The fourth-order valence-corrected chi connectivity index (χ4v) is 5.23. The lowest BCUT2D eigenvalue weighted by molar-refractivity contribution is -0.127. The minimum absolute atomic E-state index is 0.0314. The van der Waals surface area contributed by atoms with Crippen LogP contribution >= 0.6 is 11.6 Å². The Morgan fingerprint density at radius 1 is 1.02 bits per heavy atom. The van der Waals surface area contributed by atoms with Crippen molar-refractivity contribution in [3.63, 3.8) is 0 Å². The number of para-hydroxylation sites is 1. The van der Waals surface area contributed by atoms with Crippen molar-refractivity contribution in [2.45, 2.75) is 46.5 Å². The molecule has 2 amide bonds. The molecular formula is C35H53ClN6O4. The molecule has 3 unspecified atom stereocenters. The molecule has 3 N–H and O–H groups in total. The van der Waals surface area contributed by atoms with E-state index in [1.807, 2.05) is 89.5 Å². The maximum atomic E-state index is 13.3. The van der Waals surface area contributed by atoms with Crippen LogP contribution in [0.1, 0.15) is 46.5 Å². The number of carbonyl (C=O) groups is 2. The summed E-state index contributed by atoms with van der Waals surface area (Å²) in [6, 6.07) is 16.6. The highest BCUT2D eigenvalue weighted by Gasteiger charge is 2.30. The summed E-state index contributed by atoms with van der Waals surface area (Å²) >= 11 is 5.66. The Hall–Kier alpha value is -3.73. The van der Waals surface area contributed by atoms with E-state index in [0.29, 0.717) is 37.1 Å². The second-order valence-corrected chi connectivity index (χ2v) is 11.5. The van der Waals surface area contributed by atoms with Crippen LogP contribution in [0.3, 0.4) is 0 Å². The molecule has 3 rings (SSSR count). The average molecular weight is 657 g/mol. The molecule has 1 aliphatic carbocycles. The predicted octanol–water partition coefficient (Wildman–Crippen LogP) is 6.25. The maximum Gasteiger partial charge on any atom is 0.273 e. The molecule has 2 aromatic carbocycles. The Kier molecular flexibility index (Phi) is 20.7. The van der Waals surface area contributed by atoms with Gasteiger partial charge in [0, 0.05) is 68.5 Å². The summed E-state index contributed by atoms with van der Waals surface area (Å²) in [6.45, 7) is 14.8. The van der Waals surface area contributed by atoms with Crippen LogP contribution in [-0.2, 0) is 14.3 Å². The van der Waals surface area contributed by atoms with Gasteiger partial charge in [-0.3, -0.25) is 9.59 Å². The van der Waals surface area contributed by atoms with Gasteiger partial charge in [0.25, 0.3) is 5.91 Å². The van der Waals surface area contributed by atoms with Crippen molar-refractivity contribution in [2.24, 2.45) is 28.0 Å². The first kappa shape index (κ1) is 40.3. The molecule has 2 aromatic rings. The number of halogens is 1. The van der Waals surface area contributed by atoms with Gasteiger partial charge in [-0.15, -0.1) is 0 Å². The van der Waals surface area contributed by atoms with Gasteiger partial charge < -0.3 is 30.3 Å². The summed E-state index contributed by atoms with van der Waals surface area (Å²) in [4.78, 5) is 28.6. The lowest BCUT2D eigenvalue weighted by atomic mass is 9.81. The minimum Gasteiger partial charge on any atom is -0.494 e. The van der Waals surface area contributed by atoms with Crippen LogP contribution in [0.5, 0.6) is 5.75 Å². The second-order valence-electron chi connectivity index (χ2n) is 11.1. The smallest absolute Gasteiger partial charge is 0.273 e. The first-order chi connectivity index (χ1) is 22.1. The van der Waals surface area contributed by atoms with E-state index in [9.17, 15) is 9.59 Å². The Balaban J connectivity index is 0.000000622. The Morgan fingerprint density at radius 2 is 1.67 bits per heavy atom. The zero-order valence-electron chi connectivity index (χ0n) is 28.4. The first-order valence-corrected chi connectivity index (χ1v) is 16.1. The Bertz CT molecular complexity index is 1200. The van der Waals surface area contributed by atoms with E-state index < -0.39 is 0 Å². The zero-order chi connectivity index (χ0) is 34.3. The normalized spacial score (nSPS) is 16.6. The van der Waals surface area contributed by atoms with Crippen LogP contribution in [0.25, 0.3) is 0 Å². The van der Waals surface area contributed by atoms with E-state index in [1.54, 1.807) is 7.05 Å². The lowest BCUT2D eigenvalue weighted by Gasteiger charge is -2.29. The highest BCUT2D eigenvalue weighted by atomic mass is 35.5. The van der Waals surface area contributed by atoms with Crippen LogP contribution < -0.4 is 20.7 Å². The Morgan fingerprint density at radius 3 is 2.22 bits per heavy atom. The monoisotopic (exact) mass is 656 g/mol. The van der Waals surface area contributed by atoms with Gasteiger partial charge in [-0.1, -0.05) is 43.1 Å². The molecule has 254 valence electrons. The fraction of sp³-hybridized carbons (Fsp3) is 0.486. The van der Waals surface area contributed by atoms with Crippen molar-refractivity contribution < 1.29 is 19.1 Å². The molecule has 0 spiro atoms. The van der Waals surface area contributed by atoms with Crippen LogP contribution in [0.15, 0.2) is 76.2 Å². The maximum absolute atomic E-state index is 13.3. The summed E-state index contributed by atoms with van der Waals surface area (Å²) < 4.78 is 10.8. The van der Waals surface area contributed by atoms with E-state index in [-0.39, 0.29) is 23.7 Å². The number of benzene rings is 2. The van der Waals surface area contributed by atoms with E-state index in [4.69, 9.17) is 21.1 Å². The summed E-state index contributed by atoms with van der Waals surface area (Å²) in [7, 11) is 5.78. The number of rotatable bonds is 14. The van der Waals surface area contributed by atoms with Gasteiger partial charge in [-0.2, -0.15) is 10.2 Å². The molecule has 0 bridgehead atoms. The zero-order valence-corrected chi connectivity index (χ0v) is 29.1. The molecular weight excluding hydrogens is 604 g/mol. The largest absolute Gasteiger partial charge is 0.494 e. The predicted molar refractivity (Wildman–Crippen MR) is 191 cm³/mol. The van der Waals surface area contributed by atoms with E-state index in [1.165, 1.54) is 0 Å². The number of anilines is 1. The summed E-state index contributed by atoms with van der Waals surface area (Å²) in [5, 5.41) is 15.8. The van der Waals surface area contributed by atoms with Crippen molar-refractivity contribution in [3.8, 4) is 5.75 Å². The highest BCUT2D eigenvalue weighted by molar-refractivity contribution is 6.30. The molecule has 3 atom stereocenters. The first-order valence-electron chi connectivity index (χ1n) is 15.7. The van der Waals surface area contributed by atoms with Crippen LogP contribution in [-0.4, -0.2) is 77.7 Å². The van der Waals surface area contributed by atoms with Gasteiger partial charge in [0.15, 0.2) is 0 Å². The van der Waals surface area contributed by atoms with Crippen molar-refractivity contribution in [1.29, 1.82) is 0 Å². The van der Waals surface area contributed by atoms with Gasteiger partial charge in [0.1, 0.15) is 11.4 Å². The lowest BCUT2D eigenvalue weighted by Crippen LogP contribution is -2.41. The van der Waals surface area contributed by atoms with Gasteiger partial charge in [-0.25, -0.2) is 0 Å². The van der Waals surface area contributed by atoms with E-state index in [2.05, 4.69) is 44.5 Å². The molecule has 1 saturated carbocycles. The third-order valence-electron chi connectivity index (χ3n) is 7.11. The fourth-order valence-electron chi connectivity index (χ4n) is 5.11.